The van der Waals surface area contributed by atoms with E-state index in [1.807, 2.05) is 6.92 Å². The number of hydrogen-bond donors (Lipinski definition) is 1. The van der Waals surface area contributed by atoms with Crippen molar-refractivity contribution in [1.82, 2.24) is 0 Å². The summed E-state index contributed by atoms with van der Waals surface area (Å²) in [5.74, 6) is 0.176. The lowest BCUT2D eigenvalue weighted by Gasteiger charge is -2.25. The molecule has 0 aliphatic heterocycles. The Morgan fingerprint density at radius 2 is 1.38 bits per heavy atom. The van der Waals surface area contributed by atoms with Crippen LogP contribution < -0.4 is 0 Å². The number of rotatable bonds is 11. The van der Waals surface area contributed by atoms with E-state index in [-0.39, 0.29) is 11.7 Å². The summed E-state index contributed by atoms with van der Waals surface area (Å²) < 4.78 is 0. The Kier molecular flexibility index (Phi) is 11.8. The summed E-state index contributed by atoms with van der Waals surface area (Å²) in [7, 11) is 0. The summed E-state index contributed by atoms with van der Waals surface area (Å²) in [5, 5.41) is 10.2. The van der Waals surface area contributed by atoms with E-state index in [0.717, 1.165) is 50.5 Å². The average Bonchev–Trinajstić information content (AvgIpc) is 2.63. The zero-order valence-corrected chi connectivity index (χ0v) is 19.6. The predicted octanol–water partition coefficient (Wildman–Crippen LogP) is 7.42. The van der Waals surface area contributed by atoms with Gasteiger partial charge in [0.25, 0.3) is 0 Å². The average molecular weight is 399 g/mol. The molecular formula is C27H42O2. The molecule has 1 aliphatic rings. The van der Waals surface area contributed by atoms with Gasteiger partial charge < -0.3 is 5.11 Å². The van der Waals surface area contributed by atoms with Crippen LogP contribution in [0.15, 0.2) is 58.2 Å². The van der Waals surface area contributed by atoms with E-state index in [9.17, 15) is 9.90 Å². The normalized spacial score (nSPS) is 21.3. The summed E-state index contributed by atoms with van der Waals surface area (Å²) in [5.41, 5.74) is 6.49. The molecule has 1 aliphatic carbocycles. The minimum absolute atomic E-state index is 0.0338. The van der Waals surface area contributed by atoms with Crippen molar-refractivity contribution in [2.24, 2.45) is 5.92 Å². The van der Waals surface area contributed by atoms with Crippen LogP contribution >= 0.6 is 0 Å². The first-order valence-corrected chi connectivity index (χ1v) is 11.2. The van der Waals surface area contributed by atoms with Crippen molar-refractivity contribution in [3.05, 3.63) is 58.2 Å². The number of aliphatic hydroxyl groups excluding tert-OH is 1. The highest BCUT2D eigenvalue weighted by Crippen LogP contribution is 2.26. The molecule has 1 rings (SSSR count). The van der Waals surface area contributed by atoms with Crippen LogP contribution in [0.25, 0.3) is 0 Å². The summed E-state index contributed by atoms with van der Waals surface area (Å²) in [6.07, 6.45) is 18.3. The van der Waals surface area contributed by atoms with E-state index in [1.165, 1.54) is 22.3 Å². The molecular weight excluding hydrogens is 356 g/mol. The highest BCUT2D eigenvalue weighted by atomic mass is 16.3. The van der Waals surface area contributed by atoms with E-state index in [4.69, 9.17) is 0 Å². The quantitative estimate of drug-likeness (QED) is 0.368. The monoisotopic (exact) mass is 398 g/mol. The van der Waals surface area contributed by atoms with E-state index < -0.39 is 6.10 Å². The number of carbonyl (C=O) groups excluding carboxylic acids is 1. The molecule has 0 saturated carbocycles. The van der Waals surface area contributed by atoms with E-state index in [0.29, 0.717) is 6.42 Å². The molecule has 1 N–H and O–H groups in total. The van der Waals surface area contributed by atoms with Crippen LogP contribution in [0.2, 0.25) is 0 Å². The second-order valence-electron chi connectivity index (χ2n) is 9.05. The van der Waals surface area contributed by atoms with Crippen molar-refractivity contribution >= 4 is 5.78 Å². The molecule has 2 nitrogen and oxygen atoms in total. The van der Waals surface area contributed by atoms with E-state index in [2.05, 4.69) is 58.9 Å². The second-order valence-corrected chi connectivity index (χ2v) is 9.05. The van der Waals surface area contributed by atoms with Crippen LogP contribution in [0.1, 0.15) is 92.9 Å². The van der Waals surface area contributed by atoms with Gasteiger partial charge in [0.2, 0.25) is 0 Å². The second kappa shape index (κ2) is 13.5. The fraction of sp³-hybridized carbons (Fsp3) is 0.593. The molecule has 0 fully saturated rings. The molecule has 0 radical (unpaired) electrons. The van der Waals surface area contributed by atoms with Crippen LogP contribution in [0, 0.1) is 5.92 Å². The van der Waals surface area contributed by atoms with Crippen LogP contribution in [0.5, 0.6) is 0 Å². The molecule has 0 aromatic carbocycles. The SMILES string of the molecule is CC(C)=CCC/C(C)=C/CC/C(C)=C/CC/C(C)=C/C[C@@H]1CC(=O)C=C(C)[C@@H]1O. The summed E-state index contributed by atoms with van der Waals surface area (Å²) in [6.45, 7) is 12.8. The Hall–Kier alpha value is -1.67. The lowest BCUT2D eigenvalue weighted by atomic mass is 9.83. The molecule has 29 heavy (non-hydrogen) atoms. The first-order chi connectivity index (χ1) is 13.7. The predicted molar refractivity (Wildman–Crippen MR) is 126 cm³/mol. The maximum atomic E-state index is 11.7. The minimum atomic E-state index is -0.475. The smallest absolute Gasteiger partial charge is 0.156 e. The minimum Gasteiger partial charge on any atom is -0.388 e. The summed E-state index contributed by atoms with van der Waals surface area (Å²) >= 11 is 0. The van der Waals surface area contributed by atoms with Crippen molar-refractivity contribution < 1.29 is 9.90 Å². The number of allylic oxidation sites excluding steroid dienone is 9. The molecule has 0 bridgehead atoms. The summed E-state index contributed by atoms with van der Waals surface area (Å²) in [6, 6.07) is 0. The van der Waals surface area contributed by atoms with Gasteiger partial charge in [-0.3, -0.25) is 4.79 Å². The molecule has 0 heterocycles. The van der Waals surface area contributed by atoms with Gasteiger partial charge in [-0.05, 0) is 104 Å². The van der Waals surface area contributed by atoms with Gasteiger partial charge in [0.05, 0.1) is 6.10 Å². The first kappa shape index (κ1) is 25.4. The summed E-state index contributed by atoms with van der Waals surface area (Å²) in [4.78, 5) is 11.7. The van der Waals surface area contributed by atoms with Crippen molar-refractivity contribution in [3.63, 3.8) is 0 Å². The van der Waals surface area contributed by atoms with Gasteiger partial charge in [-0.2, -0.15) is 0 Å². The molecule has 0 spiro atoms. The topological polar surface area (TPSA) is 37.3 Å². The Bertz CT molecular complexity index is 681. The first-order valence-electron chi connectivity index (χ1n) is 11.2. The highest BCUT2D eigenvalue weighted by molar-refractivity contribution is 5.91. The van der Waals surface area contributed by atoms with Crippen molar-refractivity contribution in [1.29, 1.82) is 0 Å². The van der Waals surface area contributed by atoms with Crippen LogP contribution in [0.4, 0.5) is 0 Å². The van der Waals surface area contributed by atoms with Gasteiger partial charge in [-0.25, -0.2) is 0 Å². The third kappa shape index (κ3) is 11.2. The number of hydrogen-bond acceptors (Lipinski definition) is 2. The molecule has 162 valence electrons. The van der Waals surface area contributed by atoms with Gasteiger partial charge in [0.1, 0.15) is 0 Å². The Morgan fingerprint density at radius 3 is 1.90 bits per heavy atom. The lowest BCUT2D eigenvalue weighted by Crippen LogP contribution is -2.28. The Balaban J connectivity index is 2.32. The van der Waals surface area contributed by atoms with E-state index >= 15 is 0 Å². The third-order valence-electron chi connectivity index (χ3n) is 5.69. The van der Waals surface area contributed by atoms with Gasteiger partial charge in [-0.1, -0.05) is 46.6 Å². The van der Waals surface area contributed by atoms with Crippen LogP contribution in [-0.2, 0) is 4.79 Å². The molecule has 0 saturated heterocycles. The van der Waals surface area contributed by atoms with Gasteiger partial charge in [0.15, 0.2) is 5.78 Å². The Labute approximate surface area is 179 Å². The molecule has 0 unspecified atom stereocenters. The van der Waals surface area contributed by atoms with Crippen LogP contribution in [-0.4, -0.2) is 17.0 Å². The molecule has 2 atom stereocenters. The lowest BCUT2D eigenvalue weighted by molar-refractivity contribution is -0.117. The molecule has 0 aromatic heterocycles. The number of ketones is 1. The molecule has 0 aromatic rings. The van der Waals surface area contributed by atoms with Crippen molar-refractivity contribution in [2.75, 3.05) is 0 Å². The van der Waals surface area contributed by atoms with Gasteiger partial charge in [0, 0.05) is 6.42 Å². The largest absolute Gasteiger partial charge is 0.388 e. The third-order valence-corrected chi connectivity index (χ3v) is 5.69. The van der Waals surface area contributed by atoms with Gasteiger partial charge >= 0.3 is 0 Å². The van der Waals surface area contributed by atoms with E-state index in [1.54, 1.807) is 6.08 Å². The molecule has 0 amide bonds. The maximum Gasteiger partial charge on any atom is 0.156 e. The fourth-order valence-corrected chi connectivity index (χ4v) is 3.69. The maximum absolute atomic E-state index is 11.7. The van der Waals surface area contributed by atoms with Crippen LogP contribution in [0.3, 0.4) is 0 Å². The highest BCUT2D eigenvalue weighted by Gasteiger charge is 2.26. The number of carbonyl (C=O) groups is 1. The zero-order valence-electron chi connectivity index (χ0n) is 19.6. The van der Waals surface area contributed by atoms with Crippen molar-refractivity contribution in [3.8, 4) is 0 Å². The molecule has 2 heteroatoms. The van der Waals surface area contributed by atoms with Gasteiger partial charge in [-0.15, -0.1) is 0 Å². The standard InChI is InChI=1S/C27H42O2/c1-20(2)10-7-11-21(3)12-8-13-22(4)14-9-15-23(5)16-17-25-19-26(28)18-24(6)27(25)29/h10,12,14,16,18,25,27,29H,7-9,11,13,15,17,19H2,1-6H3/b21-12+,22-14+,23-16+/t25-,27+/m1/s1. The Morgan fingerprint density at radius 1 is 0.897 bits per heavy atom. The van der Waals surface area contributed by atoms with Crippen molar-refractivity contribution in [2.45, 2.75) is 99.0 Å². The fourth-order valence-electron chi connectivity index (χ4n) is 3.69. The number of aliphatic hydroxyl groups is 1. The zero-order chi connectivity index (χ0) is 21.8.